The Morgan fingerprint density at radius 3 is 2.26 bits per heavy atom. The van der Waals surface area contributed by atoms with Crippen molar-refractivity contribution in [2.75, 3.05) is 0 Å². The Labute approximate surface area is 107 Å². The summed E-state index contributed by atoms with van der Waals surface area (Å²) >= 11 is 0. The molecule has 1 aromatic rings. The lowest BCUT2D eigenvalue weighted by atomic mass is 10.1. The summed E-state index contributed by atoms with van der Waals surface area (Å²) in [5, 5.41) is 10.4. The Morgan fingerprint density at radius 1 is 1.32 bits per heavy atom. The summed E-state index contributed by atoms with van der Waals surface area (Å²) < 4.78 is 33.9. The molecule has 0 spiro atoms. The smallest absolute Gasteiger partial charge is 0.422 e. The first-order valence-corrected chi connectivity index (χ1v) is 5.16. The number of hydrogen-bond donors (Lipinski definition) is 0. The number of rotatable bonds is 4. The Balaban J connectivity index is 2.65. The highest BCUT2D eigenvalue weighted by molar-refractivity contribution is 5.64. The van der Waals surface area contributed by atoms with Crippen LogP contribution in [-0.4, -0.2) is 23.1 Å². The van der Waals surface area contributed by atoms with Crippen LogP contribution in [0.3, 0.4) is 0 Å². The molecule has 1 rings (SSSR count). The van der Waals surface area contributed by atoms with Gasteiger partial charge in [-0.05, 0) is 26.0 Å². The van der Waals surface area contributed by atoms with Crippen LogP contribution in [0.2, 0.25) is 0 Å². The van der Waals surface area contributed by atoms with Gasteiger partial charge in [-0.2, -0.15) is 0 Å². The zero-order valence-electron chi connectivity index (χ0n) is 10.1. The number of ether oxygens (including phenoxy) is 2. The van der Waals surface area contributed by atoms with Crippen molar-refractivity contribution in [1.82, 2.24) is 0 Å². The van der Waals surface area contributed by atoms with E-state index in [9.17, 15) is 23.7 Å². The number of nitro benzene ring substituents is 1. The summed E-state index contributed by atoms with van der Waals surface area (Å²) in [6.07, 6.45) is -4.17. The lowest BCUT2D eigenvalue weighted by Crippen LogP contribution is -2.36. The molecule has 8 heteroatoms. The van der Waals surface area contributed by atoms with Crippen molar-refractivity contribution in [1.29, 1.82) is 0 Å². The summed E-state index contributed by atoms with van der Waals surface area (Å²) in [6.45, 7) is 2.07. The molecular weight excluding hydrogens is 264 g/mol. The van der Waals surface area contributed by atoms with Crippen molar-refractivity contribution >= 4 is 11.8 Å². The summed E-state index contributed by atoms with van der Waals surface area (Å²) in [5.74, 6) is -0.0410. The third-order valence-electron chi connectivity index (χ3n) is 2.12. The van der Waals surface area contributed by atoms with E-state index in [0.717, 1.165) is 38.1 Å². The van der Waals surface area contributed by atoms with Crippen LogP contribution < -0.4 is 4.74 Å². The van der Waals surface area contributed by atoms with Gasteiger partial charge in [0.1, 0.15) is 5.75 Å². The van der Waals surface area contributed by atoms with Crippen LogP contribution in [0.25, 0.3) is 0 Å². The monoisotopic (exact) mass is 275 g/mol. The third-order valence-corrected chi connectivity index (χ3v) is 2.12. The quantitative estimate of drug-likeness (QED) is 0.365. The predicted octanol–water partition coefficient (Wildman–Crippen LogP) is 3.15. The normalized spacial score (nSPS) is 11.2. The second kappa shape index (κ2) is 5.59. The second-order valence-corrected chi connectivity index (χ2v) is 4.11. The first-order chi connectivity index (χ1) is 8.72. The van der Waals surface area contributed by atoms with E-state index in [2.05, 4.69) is 9.47 Å². The molecule has 1 aromatic carbocycles. The summed E-state index contributed by atoms with van der Waals surface area (Å²) in [5.41, 5.74) is -2.16. The fourth-order valence-corrected chi connectivity index (χ4v) is 1.01. The maximum atomic E-state index is 12.4. The summed E-state index contributed by atoms with van der Waals surface area (Å²) in [6, 6.07) is 4.55. The fraction of sp³-hybridized carbons (Fsp3) is 0.364. The number of nitrogens with zero attached hydrogens (tertiary/aromatic N) is 1. The van der Waals surface area contributed by atoms with E-state index in [4.69, 9.17) is 0 Å². The van der Waals surface area contributed by atoms with E-state index in [1.807, 2.05) is 0 Å². The molecule has 0 aliphatic heterocycles. The number of carbonyl (C=O) groups excluding carboxylic acids is 1. The van der Waals surface area contributed by atoms with Gasteiger partial charge in [-0.15, -0.1) is 0 Å². The number of nitro groups is 1. The third kappa shape index (κ3) is 4.16. The number of non-ortho nitro benzene ring substituents is 1. The molecule has 0 bridgehead atoms. The molecule has 0 aromatic heterocycles. The van der Waals surface area contributed by atoms with E-state index in [-0.39, 0.29) is 11.4 Å². The molecular formula is C11H11F2NO5. The van der Waals surface area contributed by atoms with E-state index >= 15 is 0 Å². The minimum atomic E-state index is -2.86. The van der Waals surface area contributed by atoms with Crippen LogP contribution in [0, 0.1) is 10.1 Å². The number of benzene rings is 1. The molecule has 0 amide bonds. The average molecular weight is 275 g/mol. The SMILES string of the molecule is CC(C)(OC(=O)Oc1ccc([N+](=O)[O-])cc1)C(F)F. The largest absolute Gasteiger partial charge is 0.514 e. The molecule has 0 unspecified atom stereocenters. The van der Waals surface area contributed by atoms with Gasteiger partial charge in [0, 0.05) is 12.1 Å². The van der Waals surface area contributed by atoms with Crippen LogP contribution in [0.5, 0.6) is 5.75 Å². The molecule has 0 N–H and O–H groups in total. The number of hydrogen-bond acceptors (Lipinski definition) is 5. The van der Waals surface area contributed by atoms with Crippen LogP contribution in [0.4, 0.5) is 19.3 Å². The van der Waals surface area contributed by atoms with E-state index < -0.39 is 23.1 Å². The van der Waals surface area contributed by atoms with Gasteiger partial charge in [-0.3, -0.25) is 10.1 Å². The molecule has 0 saturated carbocycles. The van der Waals surface area contributed by atoms with Gasteiger partial charge in [-0.1, -0.05) is 0 Å². The highest BCUT2D eigenvalue weighted by Gasteiger charge is 2.34. The van der Waals surface area contributed by atoms with Crippen molar-refractivity contribution in [3.05, 3.63) is 34.4 Å². The van der Waals surface area contributed by atoms with Crippen molar-refractivity contribution in [2.45, 2.75) is 25.9 Å². The second-order valence-electron chi connectivity index (χ2n) is 4.11. The Kier molecular flexibility index (Phi) is 4.36. The lowest BCUT2D eigenvalue weighted by molar-refractivity contribution is -0.384. The lowest BCUT2D eigenvalue weighted by Gasteiger charge is -2.23. The highest BCUT2D eigenvalue weighted by atomic mass is 19.3. The van der Waals surface area contributed by atoms with Crippen LogP contribution in [0.15, 0.2) is 24.3 Å². The van der Waals surface area contributed by atoms with Crippen molar-refractivity contribution in [3.63, 3.8) is 0 Å². The van der Waals surface area contributed by atoms with Gasteiger partial charge < -0.3 is 9.47 Å². The van der Waals surface area contributed by atoms with E-state index in [0.29, 0.717) is 0 Å². The van der Waals surface area contributed by atoms with Crippen LogP contribution in [-0.2, 0) is 4.74 Å². The van der Waals surface area contributed by atoms with Crippen LogP contribution in [0.1, 0.15) is 13.8 Å². The number of alkyl halides is 2. The van der Waals surface area contributed by atoms with Crippen molar-refractivity contribution in [3.8, 4) is 5.75 Å². The summed E-state index contributed by atoms with van der Waals surface area (Å²) in [4.78, 5) is 21.0. The predicted molar refractivity (Wildman–Crippen MR) is 60.3 cm³/mol. The van der Waals surface area contributed by atoms with Crippen molar-refractivity contribution < 1.29 is 28.0 Å². The zero-order chi connectivity index (χ0) is 14.6. The average Bonchev–Trinajstić information content (AvgIpc) is 2.28. The van der Waals surface area contributed by atoms with Gasteiger partial charge in [0.15, 0.2) is 5.60 Å². The topological polar surface area (TPSA) is 78.7 Å². The van der Waals surface area contributed by atoms with Gasteiger partial charge in [0.25, 0.3) is 12.1 Å². The molecule has 0 saturated heterocycles. The first-order valence-electron chi connectivity index (χ1n) is 5.16. The maximum absolute atomic E-state index is 12.4. The Morgan fingerprint density at radius 2 is 1.84 bits per heavy atom. The molecule has 0 aliphatic carbocycles. The molecule has 0 heterocycles. The molecule has 0 aliphatic rings. The number of halogens is 2. The fourth-order valence-electron chi connectivity index (χ4n) is 1.01. The maximum Gasteiger partial charge on any atom is 0.514 e. The zero-order valence-corrected chi connectivity index (χ0v) is 10.1. The molecule has 0 atom stereocenters. The summed E-state index contributed by atoms with van der Waals surface area (Å²) in [7, 11) is 0. The Bertz CT molecular complexity index is 472. The van der Waals surface area contributed by atoms with E-state index in [1.165, 1.54) is 0 Å². The minimum Gasteiger partial charge on any atom is -0.422 e. The van der Waals surface area contributed by atoms with Gasteiger partial charge in [0.05, 0.1) is 4.92 Å². The number of carbonyl (C=O) groups is 1. The molecule has 0 radical (unpaired) electrons. The Hall–Kier alpha value is -2.25. The van der Waals surface area contributed by atoms with Crippen molar-refractivity contribution in [2.24, 2.45) is 0 Å². The molecule has 104 valence electrons. The minimum absolute atomic E-state index is 0.0410. The van der Waals surface area contributed by atoms with Crippen LogP contribution >= 0.6 is 0 Å². The van der Waals surface area contributed by atoms with Gasteiger partial charge in [-0.25, -0.2) is 13.6 Å². The standard InChI is InChI=1S/C11H11F2NO5/c1-11(2,9(12)13)19-10(15)18-8-5-3-7(4-6-8)14(16)17/h3-6,9H,1-2H3. The molecule has 0 fully saturated rings. The first kappa shape index (κ1) is 14.8. The van der Waals surface area contributed by atoms with E-state index in [1.54, 1.807) is 0 Å². The van der Waals surface area contributed by atoms with Gasteiger partial charge >= 0.3 is 6.16 Å². The molecule has 19 heavy (non-hydrogen) atoms. The van der Waals surface area contributed by atoms with Gasteiger partial charge in [0.2, 0.25) is 0 Å². The highest BCUT2D eigenvalue weighted by Crippen LogP contribution is 2.22. The molecule has 6 nitrogen and oxygen atoms in total.